The van der Waals surface area contributed by atoms with Gasteiger partial charge in [0.25, 0.3) is 0 Å². The Labute approximate surface area is 98.2 Å². The summed E-state index contributed by atoms with van der Waals surface area (Å²) in [7, 11) is 2.28. The van der Waals surface area contributed by atoms with Crippen LogP contribution in [-0.4, -0.2) is 48.1 Å². The molecule has 88 valence electrons. The minimum absolute atomic E-state index is 0.699. The van der Waals surface area contributed by atoms with Crippen molar-refractivity contribution in [3.05, 3.63) is 0 Å². The molecule has 1 saturated carbocycles. The molecular weight excluding hydrogens is 204 g/mol. The number of nitrogens with zero attached hydrogens (tertiary/aromatic N) is 1. The van der Waals surface area contributed by atoms with E-state index in [9.17, 15) is 0 Å². The van der Waals surface area contributed by atoms with Gasteiger partial charge in [-0.3, -0.25) is 4.90 Å². The number of hydrogen-bond acceptors (Lipinski definition) is 3. The van der Waals surface area contributed by atoms with Crippen LogP contribution in [0, 0.1) is 0 Å². The van der Waals surface area contributed by atoms with Gasteiger partial charge in [0.05, 0.1) is 0 Å². The smallest absolute Gasteiger partial charge is 0.0192 e. The maximum atomic E-state index is 3.72. The lowest BCUT2D eigenvalue weighted by Crippen LogP contribution is -2.44. The highest BCUT2D eigenvalue weighted by molar-refractivity contribution is 7.99. The quantitative estimate of drug-likeness (QED) is 0.774. The van der Waals surface area contributed by atoms with Gasteiger partial charge in [-0.2, -0.15) is 11.8 Å². The maximum absolute atomic E-state index is 3.72. The van der Waals surface area contributed by atoms with Crippen LogP contribution in [0.25, 0.3) is 0 Å². The van der Waals surface area contributed by atoms with Gasteiger partial charge in [0.1, 0.15) is 0 Å². The van der Waals surface area contributed by atoms with Gasteiger partial charge in [0.15, 0.2) is 0 Å². The first kappa shape index (κ1) is 11.7. The van der Waals surface area contributed by atoms with E-state index in [1.165, 1.54) is 37.2 Å². The number of thioether (sulfide) groups is 1. The van der Waals surface area contributed by atoms with Crippen LogP contribution in [0.15, 0.2) is 0 Å². The average Bonchev–Trinajstić information content (AvgIpc) is 3.10. The second-order valence-corrected chi connectivity index (χ2v) is 6.22. The van der Waals surface area contributed by atoms with Crippen molar-refractivity contribution in [2.75, 3.05) is 25.1 Å². The van der Waals surface area contributed by atoms with Crippen LogP contribution in [0.3, 0.4) is 0 Å². The summed E-state index contributed by atoms with van der Waals surface area (Å²) in [5.74, 6) is 2.69. The average molecular weight is 228 g/mol. The summed E-state index contributed by atoms with van der Waals surface area (Å²) >= 11 is 2.11. The molecule has 2 fully saturated rings. The molecule has 2 atom stereocenters. The van der Waals surface area contributed by atoms with E-state index in [-0.39, 0.29) is 0 Å². The molecule has 15 heavy (non-hydrogen) atoms. The maximum Gasteiger partial charge on any atom is 0.0192 e. The van der Waals surface area contributed by atoms with Crippen molar-refractivity contribution in [1.29, 1.82) is 0 Å². The summed E-state index contributed by atoms with van der Waals surface area (Å²) in [5, 5.41) is 3.72. The molecule has 0 amide bonds. The predicted octanol–water partition coefficient (Wildman–Crippen LogP) is 1.95. The predicted molar refractivity (Wildman–Crippen MR) is 68.6 cm³/mol. The van der Waals surface area contributed by atoms with Crippen molar-refractivity contribution in [3.8, 4) is 0 Å². The van der Waals surface area contributed by atoms with E-state index in [1.54, 1.807) is 0 Å². The largest absolute Gasteiger partial charge is 0.312 e. The van der Waals surface area contributed by atoms with Gasteiger partial charge >= 0.3 is 0 Å². The van der Waals surface area contributed by atoms with Gasteiger partial charge in [-0.05, 0) is 45.4 Å². The fraction of sp³-hybridized carbons (Fsp3) is 1.00. The third-order valence-corrected chi connectivity index (χ3v) is 4.90. The van der Waals surface area contributed by atoms with E-state index in [4.69, 9.17) is 0 Å². The Morgan fingerprint density at radius 1 is 1.40 bits per heavy atom. The van der Waals surface area contributed by atoms with Gasteiger partial charge in [-0.1, -0.05) is 0 Å². The van der Waals surface area contributed by atoms with Crippen molar-refractivity contribution >= 4 is 11.8 Å². The molecule has 2 unspecified atom stereocenters. The van der Waals surface area contributed by atoms with Crippen LogP contribution in [-0.2, 0) is 0 Å². The van der Waals surface area contributed by atoms with Crippen molar-refractivity contribution in [1.82, 2.24) is 10.2 Å². The number of hydrogen-bond donors (Lipinski definition) is 1. The minimum atomic E-state index is 0.699. The molecule has 0 spiro atoms. The Bertz CT molecular complexity index is 188. The molecule has 0 radical (unpaired) electrons. The molecule has 1 aliphatic heterocycles. The molecule has 1 N–H and O–H groups in total. The van der Waals surface area contributed by atoms with Crippen molar-refractivity contribution in [2.45, 2.75) is 50.7 Å². The molecular formula is C12H24N2S. The topological polar surface area (TPSA) is 15.3 Å². The number of nitrogens with one attached hydrogen (secondary N) is 1. The molecule has 0 aromatic carbocycles. The van der Waals surface area contributed by atoms with Crippen molar-refractivity contribution in [3.63, 3.8) is 0 Å². The van der Waals surface area contributed by atoms with Gasteiger partial charge < -0.3 is 5.32 Å². The van der Waals surface area contributed by atoms with Gasteiger partial charge in [0.2, 0.25) is 0 Å². The zero-order chi connectivity index (χ0) is 10.7. The van der Waals surface area contributed by atoms with E-state index < -0.39 is 0 Å². The summed E-state index contributed by atoms with van der Waals surface area (Å²) in [6.45, 7) is 3.51. The Balaban J connectivity index is 1.62. The Kier molecular flexibility index (Phi) is 4.35. The molecule has 2 rings (SSSR count). The van der Waals surface area contributed by atoms with Gasteiger partial charge in [0, 0.05) is 30.4 Å². The summed E-state index contributed by atoms with van der Waals surface area (Å²) in [6.07, 6.45) is 5.61. The van der Waals surface area contributed by atoms with Crippen LogP contribution in [0.4, 0.5) is 0 Å². The van der Waals surface area contributed by atoms with Crippen LogP contribution < -0.4 is 5.32 Å². The first-order valence-corrected chi connectivity index (χ1v) is 7.46. The van der Waals surface area contributed by atoms with Crippen molar-refractivity contribution < 1.29 is 0 Å². The summed E-state index contributed by atoms with van der Waals surface area (Å²) in [4.78, 5) is 2.54. The molecule has 1 heterocycles. The molecule has 2 aliphatic rings. The Hall–Kier alpha value is 0.270. The summed E-state index contributed by atoms with van der Waals surface area (Å²) in [6, 6.07) is 2.37. The SMILES string of the molecule is CC(CNC1CCCSC1)N(C)C1CC1. The fourth-order valence-corrected chi connectivity index (χ4v) is 3.33. The van der Waals surface area contributed by atoms with Crippen LogP contribution >= 0.6 is 11.8 Å². The lowest BCUT2D eigenvalue weighted by molar-refractivity contribution is 0.235. The van der Waals surface area contributed by atoms with Gasteiger partial charge in [-0.15, -0.1) is 0 Å². The highest BCUT2D eigenvalue weighted by Crippen LogP contribution is 2.26. The van der Waals surface area contributed by atoms with Gasteiger partial charge in [-0.25, -0.2) is 0 Å². The third-order valence-electron chi connectivity index (χ3n) is 3.68. The molecule has 0 aromatic rings. The highest BCUT2D eigenvalue weighted by atomic mass is 32.2. The molecule has 1 saturated heterocycles. The highest BCUT2D eigenvalue weighted by Gasteiger charge is 2.29. The minimum Gasteiger partial charge on any atom is -0.312 e. The molecule has 1 aliphatic carbocycles. The summed E-state index contributed by atoms with van der Waals surface area (Å²) in [5.41, 5.74) is 0. The first-order valence-electron chi connectivity index (χ1n) is 6.30. The van der Waals surface area contributed by atoms with Crippen LogP contribution in [0.5, 0.6) is 0 Å². The van der Waals surface area contributed by atoms with E-state index in [1.807, 2.05) is 0 Å². The van der Waals surface area contributed by atoms with E-state index in [0.29, 0.717) is 6.04 Å². The fourth-order valence-electron chi connectivity index (χ4n) is 2.22. The lowest BCUT2D eigenvalue weighted by atomic mass is 10.1. The van der Waals surface area contributed by atoms with E-state index >= 15 is 0 Å². The number of rotatable bonds is 5. The molecule has 3 heteroatoms. The first-order chi connectivity index (χ1) is 7.27. The summed E-state index contributed by atoms with van der Waals surface area (Å²) < 4.78 is 0. The zero-order valence-corrected chi connectivity index (χ0v) is 10.9. The normalized spacial score (nSPS) is 29.4. The third kappa shape index (κ3) is 3.65. The standard InChI is InChI=1S/C12H24N2S/c1-10(14(2)12-5-6-12)8-13-11-4-3-7-15-9-11/h10-13H,3-9H2,1-2H3. The molecule has 2 nitrogen and oxygen atoms in total. The van der Waals surface area contributed by atoms with Crippen LogP contribution in [0.1, 0.15) is 32.6 Å². The number of likely N-dealkylation sites (N-methyl/N-ethyl adjacent to an activating group) is 1. The second kappa shape index (κ2) is 5.55. The molecule has 0 bridgehead atoms. The molecule has 0 aromatic heterocycles. The second-order valence-electron chi connectivity index (χ2n) is 5.07. The zero-order valence-electron chi connectivity index (χ0n) is 10.0. The monoisotopic (exact) mass is 228 g/mol. The van der Waals surface area contributed by atoms with E-state index in [0.717, 1.165) is 18.6 Å². The van der Waals surface area contributed by atoms with Crippen molar-refractivity contribution in [2.24, 2.45) is 0 Å². The Morgan fingerprint density at radius 2 is 2.20 bits per heavy atom. The van der Waals surface area contributed by atoms with E-state index in [2.05, 4.69) is 35.9 Å². The Morgan fingerprint density at radius 3 is 2.80 bits per heavy atom. The lowest BCUT2D eigenvalue weighted by Gasteiger charge is -2.28. The van der Waals surface area contributed by atoms with Crippen LogP contribution in [0.2, 0.25) is 0 Å².